The Morgan fingerprint density at radius 1 is 1.29 bits per heavy atom. The van der Waals surface area contributed by atoms with Crippen LogP contribution in [0.15, 0.2) is 24.5 Å². The van der Waals surface area contributed by atoms with Crippen LogP contribution in [0.25, 0.3) is 0 Å². The van der Waals surface area contributed by atoms with Gasteiger partial charge in [0.05, 0.1) is 0 Å². The zero-order valence-corrected chi connectivity index (χ0v) is 12.3. The van der Waals surface area contributed by atoms with Crippen molar-refractivity contribution in [2.45, 2.75) is 27.0 Å². The molecule has 0 fully saturated rings. The van der Waals surface area contributed by atoms with Gasteiger partial charge >= 0.3 is 0 Å². The summed E-state index contributed by atoms with van der Waals surface area (Å²) in [4.78, 5) is 12.7. The van der Waals surface area contributed by atoms with Gasteiger partial charge in [0.2, 0.25) is 0 Å². The Kier molecular flexibility index (Phi) is 5.42. The molecule has 4 N–H and O–H groups in total. The summed E-state index contributed by atoms with van der Waals surface area (Å²) in [5.74, 6) is 7.26. The Balaban J connectivity index is 2.09. The van der Waals surface area contributed by atoms with Crippen molar-refractivity contribution in [2.24, 2.45) is 5.84 Å². The summed E-state index contributed by atoms with van der Waals surface area (Å²) in [7, 11) is 0. The third-order valence-corrected chi connectivity index (χ3v) is 2.95. The number of aromatic nitrogens is 3. The van der Waals surface area contributed by atoms with Crippen LogP contribution >= 0.6 is 0 Å². The molecule has 0 amide bonds. The van der Waals surface area contributed by atoms with Crippen LogP contribution in [-0.2, 0) is 17.9 Å². The van der Waals surface area contributed by atoms with Crippen LogP contribution in [-0.4, -0.2) is 21.6 Å². The van der Waals surface area contributed by atoms with Crippen LogP contribution in [0, 0.1) is 6.92 Å². The lowest BCUT2D eigenvalue weighted by Gasteiger charge is -2.11. The zero-order chi connectivity index (χ0) is 15.1. The molecule has 21 heavy (non-hydrogen) atoms. The predicted molar refractivity (Wildman–Crippen MR) is 81.5 cm³/mol. The lowest BCUT2D eigenvalue weighted by molar-refractivity contribution is 0.128. The van der Waals surface area contributed by atoms with Crippen molar-refractivity contribution in [3.63, 3.8) is 0 Å². The molecule has 2 aromatic heterocycles. The SMILES string of the molecule is CCOCc1nc(NN)cc(NCc2ccncc2C)n1. The van der Waals surface area contributed by atoms with Gasteiger partial charge in [0.1, 0.15) is 18.2 Å². The molecule has 0 aliphatic rings. The Labute approximate surface area is 123 Å². The van der Waals surface area contributed by atoms with Gasteiger partial charge in [-0.25, -0.2) is 15.8 Å². The minimum Gasteiger partial charge on any atom is -0.374 e. The van der Waals surface area contributed by atoms with Gasteiger partial charge in [-0.05, 0) is 31.0 Å². The average Bonchev–Trinajstić information content (AvgIpc) is 2.52. The molecule has 0 saturated heterocycles. The number of anilines is 2. The number of ether oxygens (including phenoxy) is 1. The number of nitrogens with one attached hydrogen (secondary N) is 2. The van der Waals surface area contributed by atoms with Crippen LogP contribution in [0.1, 0.15) is 23.9 Å². The van der Waals surface area contributed by atoms with Crippen LogP contribution in [0.5, 0.6) is 0 Å². The minimum absolute atomic E-state index is 0.356. The van der Waals surface area contributed by atoms with Crippen molar-refractivity contribution in [1.29, 1.82) is 0 Å². The van der Waals surface area contributed by atoms with E-state index in [1.165, 1.54) is 0 Å². The maximum atomic E-state index is 5.43. The topological polar surface area (TPSA) is 98.0 Å². The second-order valence-corrected chi connectivity index (χ2v) is 4.49. The maximum absolute atomic E-state index is 5.43. The van der Waals surface area contributed by atoms with Gasteiger partial charge < -0.3 is 15.5 Å². The summed E-state index contributed by atoms with van der Waals surface area (Å²) >= 11 is 0. The lowest BCUT2D eigenvalue weighted by atomic mass is 10.1. The molecule has 2 aromatic rings. The summed E-state index contributed by atoms with van der Waals surface area (Å²) in [6, 6.07) is 3.73. The number of nitrogens with zero attached hydrogens (tertiary/aromatic N) is 3. The third-order valence-electron chi connectivity index (χ3n) is 2.95. The molecular formula is C14H20N6O. The predicted octanol–water partition coefficient (Wildman–Crippen LogP) is 1.61. The summed E-state index contributed by atoms with van der Waals surface area (Å²) in [6.07, 6.45) is 3.61. The number of pyridine rings is 1. The third kappa shape index (κ3) is 4.37. The van der Waals surface area contributed by atoms with E-state index in [1.807, 2.05) is 26.1 Å². The highest BCUT2D eigenvalue weighted by Gasteiger charge is 2.05. The molecule has 0 aliphatic carbocycles. The van der Waals surface area contributed by atoms with E-state index in [9.17, 15) is 0 Å². The molecule has 0 aromatic carbocycles. The fourth-order valence-electron chi connectivity index (χ4n) is 1.81. The van der Waals surface area contributed by atoms with Crippen molar-refractivity contribution in [1.82, 2.24) is 15.0 Å². The van der Waals surface area contributed by atoms with E-state index < -0.39 is 0 Å². The van der Waals surface area contributed by atoms with Crippen molar-refractivity contribution in [2.75, 3.05) is 17.3 Å². The van der Waals surface area contributed by atoms with Crippen molar-refractivity contribution in [3.8, 4) is 0 Å². The van der Waals surface area contributed by atoms with Crippen molar-refractivity contribution >= 4 is 11.6 Å². The Morgan fingerprint density at radius 2 is 2.10 bits per heavy atom. The monoisotopic (exact) mass is 288 g/mol. The van der Waals surface area contributed by atoms with E-state index in [-0.39, 0.29) is 0 Å². The Hall–Kier alpha value is -2.25. The molecule has 7 heteroatoms. The average molecular weight is 288 g/mol. The zero-order valence-electron chi connectivity index (χ0n) is 12.3. The minimum atomic E-state index is 0.356. The molecule has 0 atom stereocenters. The molecule has 0 spiro atoms. The molecule has 112 valence electrons. The number of hydrazine groups is 1. The second-order valence-electron chi connectivity index (χ2n) is 4.49. The first-order chi connectivity index (χ1) is 10.2. The quantitative estimate of drug-likeness (QED) is 0.526. The standard InChI is InChI=1S/C14H20N6O/c1-3-21-9-14-18-12(6-13(19-14)20-15)17-8-11-4-5-16-7-10(11)2/h4-7H,3,8-9,15H2,1-2H3,(H2,17,18,19,20). The number of hydrogen-bond donors (Lipinski definition) is 3. The fourth-order valence-corrected chi connectivity index (χ4v) is 1.81. The van der Waals surface area contributed by atoms with Gasteiger partial charge in [0.15, 0.2) is 5.82 Å². The molecule has 7 nitrogen and oxygen atoms in total. The summed E-state index contributed by atoms with van der Waals surface area (Å²) in [5.41, 5.74) is 4.83. The van der Waals surface area contributed by atoms with Gasteiger partial charge in [-0.3, -0.25) is 4.98 Å². The molecule has 2 heterocycles. The number of aryl methyl sites for hydroxylation is 1. The van der Waals surface area contributed by atoms with E-state index in [2.05, 4.69) is 25.7 Å². The first kappa shape index (κ1) is 15.1. The van der Waals surface area contributed by atoms with Crippen molar-refractivity contribution < 1.29 is 4.74 Å². The molecule has 0 saturated carbocycles. The molecule has 0 aliphatic heterocycles. The summed E-state index contributed by atoms with van der Waals surface area (Å²) in [6.45, 7) is 5.58. The van der Waals surface area contributed by atoms with Gasteiger partial charge in [-0.15, -0.1) is 0 Å². The van der Waals surface area contributed by atoms with Crippen LogP contribution < -0.4 is 16.6 Å². The highest BCUT2D eigenvalue weighted by molar-refractivity contribution is 5.47. The van der Waals surface area contributed by atoms with Crippen LogP contribution in [0.4, 0.5) is 11.6 Å². The van der Waals surface area contributed by atoms with Crippen LogP contribution in [0.2, 0.25) is 0 Å². The van der Waals surface area contributed by atoms with Gasteiger partial charge in [-0.2, -0.15) is 0 Å². The smallest absolute Gasteiger partial charge is 0.158 e. The molecule has 2 rings (SSSR count). The first-order valence-corrected chi connectivity index (χ1v) is 6.78. The highest BCUT2D eigenvalue weighted by atomic mass is 16.5. The fraction of sp³-hybridized carbons (Fsp3) is 0.357. The number of rotatable bonds is 7. The molecule has 0 unspecified atom stereocenters. The first-order valence-electron chi connectivity index (χ1n) is 6.78. The normalized spacial score (nSPS) is 10.4. The van der Waals surface area contributed by atoms with Gasteiger partial charge in [0, 0.05) is 31.6 Å². The number of hydrogen-bond acceptors (Lipinski definition) is 7. The van der Waals surface area contributed by atoms with Crippen molar-refractivity contribution in [3.05, 3.63) is 41.5 Å². The van der Waals surface area contributed by atoms with E-state index in [1.54, 1.807) is 12.3 Å². The van der Waals surface area contributed by atoms with Crippen LogP contribution in [0.3, 0.4) is 0 Å². The lowest BCUT2D eigenvalue weighted by Crippen LogP contribution is -2.13. The van der Waals surface area contributed by atoms with E-state index in [0.29, 0.717) is 37.2 Å². The molecule has 0 bridgehead atoms. The maximum Gasteiger partial charge on any atom is 0.158 e. The van der Waals surface area contributed by atoms with E-state index >= 15 is 0 Å². The van der Waals surface area contributed by atoms with Gasteiger partial charge in [-0.1, -0.05) is 0 Å². The van der Waals surface area contributed by atoms with Gasteiger partial charge in [0.25, 0.3) is 0 Å². The van der Waals surface area contributed by atoms with E-state index in [4.69, 9.17) is 10.6 Å². The number of nitrogen functional groups attached to an aromatic ring is 1. The Bertz CT molecular complexity index is 589. The Morgan fingerprint density at radius 3 is 2.81 bits per heavy atom. The number of nitrogens with two attached hydrogens (primary N) is 1. The summed E-state index contributed by atoms with van der Waals surface area (Å²) < 4.78 is 5.33. The van der Waals surface area contributed by atoms with E-state index in [0.717, 1.165) is 11.1 Å². The second kappa shape index (κ2) is 7.51. The molecular weight excluding hydrogens is 268 g/mol. The molecule has 0 radical (unpaired) electrons. The largest absolute Gasteiger partial charge is 0.374 e. The summed E-state index contributed by atoms with van der Waals surface area (Å²) in [5, 5.41) is 3.26. The highest BCUT2D eigenvalue weighted by Crippen LogP contribution is 2.13.